The van der Waals surface area contributed by atoms with Crippen LogP contribution in [0.2, 0.25) is 0 Å². The van der Waals surface area contributed by atoms with Crippen molar-refractivity contribution in [3.8, 4) is 67.5 Å². The molecule has 0 spiro atoms. The fourth-order valence-electron chi connectivity index (χ4n) is 12.4. The first-order valence-electron chi connectivity index (χ1n) is 24.4. The predicted molar refractivity (Wildman–Crippen MR) is 257 cm³/mol. The average Bonchev–Trinajstić information content (AvgIpc) is 3.75. The molecule has 0 amide bonds. The highest BCUT2D eigenvalue weighted by Gasteiger charge is 2.34. The lowest BCUT2D eigenvalue weighted by Crippen LogP contribution is -2.31. The maximum Gasteiger partial charge on any atom is 0.135 e. The highest BCUT2D eigenvalue weighted by Crippen LogP contribution is 2.50. The minimum atomic E-state index is -0.178. The molecular weight excluding hydrogens is 773 g/mol. The van der Waals surface area contributed by atoms with Gasteiger partial charge >= 0.3 is 0 Å². The van der Waals surface area contributed by atoms with Crippen LogP contribution in [0.1, 0.15) is 126 Å². The molecule has 2 unspecified atom stereocenters. The second-order valence-electron chi connectivity index (χ2n) is 19.5. The minimum Gasteiger partial charge on any atom is -0.507 e. The molecule has 0 bridgehead atoms. The van der Waals surface area contributed by atoms with Crippen molar-refractivity contribution < 1.29 is 19.7 Å². The van der Waals surface area contributed by atoms with E-state index in [0.717, 1.165) is 127 Å². The lowest BCUT2D eigenvalue weighted by Gasteiger charge is -2.29. The van der Waals surface area contributed by atoms with E-state index in [-0.39, 0.29) is 12.2 Å². The van der Waals surface area contributed by atoms with E-state index in [9.17, 15) is 10.2 Å². The van der Waals surface area contributed by atoms with Crippen LogP contribution < -0.4 is 9.47 Å². The van der Waals surface area contributed by atoms with Crippen molar-refractivity contribution in [3.05, 3.63) is 141 Å². The number of para-hydroxylation sites is 2. The Morgan fingerprint density at radius 2 is 0.714 bits per heavy atom. The Bertz CT molecular complexity index is 2480. The van der Waals surface area contributed by atoms with Crippen LogP contribution in [-0.2, 0) is 51.4 Å². The van der Waals surface area contributed by atoms with Gasteiger partial charge < -0.3 is 19.7 Å². The van der Waals surface area contributed by atoms with E-state index in [2.05, 4.69) is 86.6 Å². The molecule has 4 heteroatoms. The molecule has 11 rings (SSSR count). The fraction of sp³-hybridized carbons (Fsp3) is 0.390. The van der Waals surface area contributed by atoms with Crippen LogP contribution in [0.25, 0.3) is 44.5 Å². The summed E-state index contributed by atoms with van der Waals surface area (Å²) in [6, 6.07) is 30.2. The maximum absolute atomic E-state index is 12.4. The number of benzene rings is 6. The number of phenols is 2. The topological polar surface area (TPSA) is 58.9 Å². The van der Waals surface area contributed by atoms with Gasteiger partial charge in [0.15, 0.2) is 0 Å². The summed E-state index contributed by atoms with van der Waals surface area (Å²) in [7, 11) is 0. The van der Waals surface area contributed by atoms with Gasteiger partial charge in [0.25, 0.3) is 0 Å². The molecule has 0 saturated heterocycles. The number of hydrogen-bond donors (Lipinski definition) is 2. The first-order valence-corrected chi connectivity index (χ1v) is 24.4. The number of ether oxygens (including phenoxy) is 2. The molecule has 6 aromatic rings. The second-order valence-corrected chi connectivity index (χ2v) is 19.5. The number of fused-ring (bicyclic) bond motifs is 4. The summed E-state index contributed by atoms with van der Waals surface area (Å²) in [5.74, 6) is 2.24. The molecule has 0 radical (unpaired) electrons. The van der Waals surface area contributed by atoms with Crippen molar-refractivity contribution in [2.24, 2.45) is 0 Å². The first-order chi connectivity index (χ1) is 30.9. The van der Waals surface area contributed by atoms with Gasteiger partial charge in [0.2, 0.25) is 0 Å². The Morgan fingerprint density at radius 3 is 1.10 bits per heavy atom. The summed E-state index contributed by atoms with van der Waals surface area (Å²) in [6.07, 6.45) is 21.0. The maximum atomic E-state index is 12.4. The quantitative estimate of drug-likeness (QED) is 0.160. The van der Waals surface area contributed by atoms with Crippen LogP contribution >= 0.6 is 0 Å². The Kier molecular flexibility index (Phi) is 10.8. The van der Waals surface area contributed by atoms with Gasteiger partial charge in [-0.3, -0.25) is 0 Å². The second kappa shape index (κ2) is 16.9. The first kappa shape index (κ1) is 40.3. The monoisotopic (exact) mass is 834 g/mol. The SMILES string of the molecule is Cc1cc(-c2ccccc2OC2CCCC2Oc2ccccc2-c2cc(C)cc(-c3c4c(cc5c3CCCC5)CCCC4)c2O)c(O)c(-c2c3c(cc4c2CCCC4)CCCC3)c1. The molecule has 6 aromatic carbocycles. The van der Waals surface area contributed by atoms with Gasteiger partial charge in [0, 0.05) is 33.4 Å². The summed E-state index contributed by atoms with van der Waals surface area (Å²) in [6.45, 7) is 4.32. The average molecular weight is 835 g/mol. The Balaban J connectivity index is 0.923. The van der Waals surface area contributed by atoms with Gasteiger partial charge in [-0.15, -0.1) is 0 Å². The molecule has 5 aliphatic carbocycles. The number of phenolic OH excluding ortho intramolecular Hbond substituents is 2. The Labute approximate surface area is 374 Å². The summed E-state index contributed by atoms with van der Waals surface area (Å²) in [4.78, 5) is 0. The van der Waals surface area contributed by atoms with Crippen molar-refractivity contribution in [2.45, 2.75) is 148 Å². The van der Waals surface area contributed by atoms with E-state index in [1.54, 1.807) is 0 Å². The summed E-state index contributed by atoms with van der Waals surface area (Å²) >= 11 is 0. The van der Waals surface area contributed by atoms with E-state index in [1.807, 2.05) is 12.1 Å². The van der Waals surface area contributed by atoms with Crippen molar-refractivity contribution in [2.75, 3.05) is 0 Å². The van der Waals surface area contributed by atoms with E-state index >= 15 is 0 Å². The normalized spacial score (nSPS) is 19.1. The Morgan fingerprint density at radius 1 is 0.381 bits per heavy atom. The molecule has 0 aromatic heterocycles. The lowest BCUT2D eigenvalue weighted by atomic mass is 9.76. The smallest absolute Gasteiger partial charge is 0.135 e. The van der Waals surface area contributed by atoms with E-state index in [4.69, 9.17) is 9.47 Å². The molecule has 2 atom stereocenters. The predicted octanol–water partition coefficient (Wildman–Crippen LogP) is 14.3. The lowest BCUT2D eigenvalue weighted by molar-refractivity contribution is 0.0787. The van der Waals surface area contributed by atoms with Gasteiger partial charge in [-0.05, 0) is 239 Å². The number of hydrogen-bond acceptors (Lipinski definition) is 4. The summed E-state index contributed by atoms with van der Waals surface area (Å²) in [5.41, 5.74) is 22.1. The zero-order chi connectivity index (χ0) is 42.6. The standard InChI is InChI=1S/C59H62O4/c1-36-30-48(58(60)50(32-36)56-42-20-7-3-16-38(42)34-39-17-4-8-21-43(39)56)46-24-11-13-26-52(46)62-54-28-15-29-55(54)63-53-27-14-12-25-47(53)49-31-37(2)33-51(59(49)61)57-44-22-9-5-18-40(44)35-41-19-6-10-23-45(41)57/h11-14,24-27,30-35,54-55,60-61H,3-10,15-23,28-29H2,1-2H3. The van der Waals surface area contributed by atoms with E-state index < -0.39 is 0 Å². The molecule has 0 heterocycles. The van der Waals surface area contributed by atoms with Crippen LogP contribution in [0.4, 0.5) is 0 Å². The highest BCUT2D eigenvalue weighted by atomic mass is 16.5. The molecule has 1 fully saturated rings. The molecule has 2 N–H and O–H groups in total. The van der Waals surface area contributed by atoms with Crippen molar-refractivity contribution in [1.82, 2.24) is 0 Å². The fourth-order valence-corrected chi connectivity index (χ4v) is 12.4. The van der Waals surface area contributed by atoms with Crippen LogP contribution in [0.5, 0.6) is 23.0 Å². The summed E-state index contributed by atoms with van der Waals surface area (Å²) in [5, 5.41) is 24.9. The van der Waals surface area contributed by atoms with Crippen molar-refractivity contribution >= 4 is 0 Å². The molecule has 322 valence electrons. The number of rotatable bonds is 8. The molecule has 0 aliphatic heterocycles. The van der Waals surface area contributed by atoms with Crippen LogP contribution in [0, 0.1) is 13.8 Å². The van der Waals surface area contributed by atoms with Gasteiger partial charge in [-0.1, -0.05) is 48.5 Å². The molecule has 1 saturated carbocycles. The summed E-state index contributed by atoms with van der Waals surface area (Å²) < 4.78 is 14.1. The minimum absolute atomic E-state index is 0.178. The van der Waals surface area contributed by atoms with E-state index in [0.29, 0.717) is 11.5 Å². The van der Waals surface area contributed by atoms with Crippen LogP contribution in [-0.4, -0.2) is 22.4 Å². The zero-order valence-electron chi connectivity index (χ0n) is 37.4. The molecule has 63 heavy (non-hydrogen) atoms. The Hall–Kier alpha value is -5.48. The number of aromatic hydroxyl groups is 2. The van der Waals surface area contributed by atoms with Gasteiger partial charge in [0.05, 0.1) is 0 Å². The highest BCUT2D eigenvalue weighted by molar-refractivity contribution is 5.90. The molecule has 5 aliphatic rings. The number of aryl methyl sites for hydroxylation is 6. The third-order valence-electron chi connectivity index (χ3n) is 15.3. The van der Waals surface area contributed by atoms with Gasteiger partial charge in [0.1, 0.15) is 35.2 Å². The third kappa shape index (κ3) is 7.42. The van der Waals surface area contributed by atoms with Crippen LogP contribution in [0.15, 0.2) is 84.9 Å². The largest absolute Gasteiger partial charge is 0.507 e. The van der Waals surface area contributed by atoms with Gasteiger partial charge in [-0.2, -0.15) is 0 Å². The van der Waals surface area contributed by atoms with Crippen LogP contribution in [0.3, 0.4) is 0 Å². The zero-order valence-corrected chi connectivity index (χ0v) is 37.4. The van der Waals surface area contributed by atoms with Crippen molar-refractivity contribution in [3.63, 3.8) is 0 Å². The molecular formula is C59H62O4. The van der Waals surface area contributed by atoms with Crippen molar-refractivity contribution in [1.29, 1.82) is 0 Å². The molecule has 4 nitrogen and oxygen atoms in total. The van der Waals surface area contributed by atoms with E-state index in [1.165, 1.54) is 107 Å². The third-order valence-corrected chi connectivity index (χ3v) is 15.3. The van der Waals surface area contributed by atoms with Gasteiger partial charge in [-0.25, -0.2) is 0 Å².